The lowest BCUT2D eigenvalue weighted by molar-refractivity contribution is -0.126. The van der Waals surface area contributed by atoms with Gasteiger partial charge in [0.15, 0.2) is 5.78 Å². The van der Waals surface area contributed by atoms with E-state index >= 15 is 0 Å². The second-order valence-electron chi connectivity index (χ2n) is 3.98. The predicted octanol–water partition coefficient (Wildman–Crippen LogP) is 1.27. The number of nitrogens with zero attached hydrogens (tertiary/aromatic N) is 2. The maximum absolute atomic E-state index is 11.8. The number of aliphatic hydroxyl groups excluding tert-OH is 1. The fourth-order valence-electron chi connectivity index (χ4n) is 1.68. The molecule has 0 saturated carbocycles. The summed E-state index contributed by atoms with van der Waals surface area (Å²) in [6.07, 6.45) is 2.55. The van der Waals surface area contributed by atoms with Crippen molar-refractivity contribution in [3.8, 4) is 0 Å². The molecule has 0 radical (unpaired) electrons. The van der Waals surface area contributed by atoms with Gasteiger partial charge in [-0.05, 0) is 11.1 Å². The summed E-state index contributed by atoms with van der Waals surface area (Å²) in [5, 5.41) is 13.9. The van der Waals surface area contributed by atoms with Gasteiger partial charge >= 0.3 is 0 Å². The van der Waals surface area contributed by atoms with E-state index in [1.54, 1.807) is 48.4 Å². The zero-order valence-corrected chi connectivity index (χ0v) is 9.58. The van der Waals surface area contributed by atoms with E-state index in [9.17, 15) is 9.90 Å². The molecule has 0 saturated heterocycles. The number of Topliss-reactive ketones (excluding diaryl/α,β-unsaturated/α-hetero) is 1. The summed E-state index contributed by atoms with van der Waals surface area (Å²) in [5.74, 6) is -0.218. The lowest BCUT2D eigenvalue weighted by atomic mass is 10.0. The molecular weight excluding hydrogens is 216 g/mol. The number of carbonyl (C=O) groups excluding carboxylic acids is 1. The lowest BCUT2D eigenvalue weighted by Gasteiger charge is -2.08. The highest BCUT2D eigenvalue weighted by Gasteiger charge is 2.17. The van der Waals surface area contributed by atoms with Crippen LogP contribution in [0.2, 0.25) is 0 Å². The SMILES string of the molecule is Cn1cc(CC(=O)C(O)c2ccccc2)cn1. The van der Waals surface area contributed by atoms with Crippen LogP contribution in [0.4, 0.5) is 0 Å². The zero-order valence-electron chi connectivity index (χ0n) is 9.58. The fourth-order valence-corrected chi connectivity index (χ4v) is 1.68. The molecule has 4 nitrogen and oxygen atoms in total. The maximum Gasteiger partial charge on any atom is 0.170 e. The molecule has 88 valence electrons. The van der Waals surface area contributed by atoms with Crippen LogP contribution in [0.1, 0.15) is 17.2 Å². The number of carbonyl (C=O) groups is 1. The smallest absolute Gasteiger partial charge is 0.170 e. The van der Waals surface area contributed by atoms with Gasteiger partial charge in [0.05, 0.1) is 6.20 Å². The van der Waals surface area contributed by atoms with E-state index in [0.29, 0.717) is 5.56 Å². The first kappa shape index (κ1) is 11.5. The van der Waals surface area contributed by atoms with E-state index < -0.39 is 6.10 Å². The first-order chi connectivity index (χ1) is 8.16. The van der Waals surface area contributed by atoms with Gasteiger partial charge < -0.3 is 5.11 Å². The van der Waals surface area contributed by atoms with Crippen LogP contribution in [0.5, 0.6) is 0 Å². The standard InChI is InChI=1S/C13H14N2O2/c1-15-9-10(8-14-15)7-12(16)13(17)11-5-3-2-4-6-11/h2-6,8-9,13,17H,7H2,1H3. The molecule has 0 aliphatic carbocycles. The maximum atomic E-state index is 11.8. The number of aryl methyl sites for hydroxylation is 1. The van der Waals surface area contributed by atoms with Crippen LogP contribution in [0.3, 0.4) is 0 Å². The van der Waals surface area contributed by atoms with Crippen molar-refractivity contribution in [3.63, 3.8) is 0 Å². The molecule has 4 heteroatoms. The van der Waals surface area contributed by atoms with Crippen molar-refractivity contribution in [3.05, 3.63) is 53.9 Å². The van der Waals surface area contributed by atoms with Crippen molar-refractivity contribution >= 4 is 5.78 Å². The number of benzene rings is 1. The summed E-state index contributed by atoms with van der Waals surface area (Å²) < 4.78 is 1.64. The topological polar surface area (TPSA) is 55.1 Å². The summed E-state index contributed by atoms with van der Waals surface area (Å²) in [5.41, 5.74) is 1.44. The molecular formula is C13H14N2O2. The summed E-state index contributed by atoms with van der Waals surface area (Å²) in [6, 6.07) is 8.94. The van der Waals surface area contributed by atoms with Gasteiger partial charge in [0.2, 0.25) is 0 Å². The Morgan fingerprint density at radius 1 is 1.41 bits per heavy atom. The number of hydrogen-bond acceptors (Lipinski definition) is 3. The van der Waals surface area contributed by atoms with Crippen molar-refractivity contribution in [2.24, 2.45) is 7.05 Å². The van der Waals surface area contributed by atoms with E-state index in [1.165, 1.54) is 0 Å². The summed E-state index contributed by atoms with van der Waals surface area (Å²) in [4.78, 5) is 11.8. The second kappa shape index (κ2) is 4.93. The van der Waals surface area contributed by atoms with Gasteiger partial charge in [-0.15, -0.1) is 0 Å². The van der Waals surface area contributed by atoms with Crippen molar-refractivity contribution in [1.29, 1.82) is 0 Å². The number of hydrogen-bond donors (Lipinski definition) is 1. The van der Waals surface area contributed by atoms with E-state index in [1.807, 2.05) is 6.07 Å². The summed E-state index contributed by atoms with van der Waals surface area (Å²) in [6.45, 7) is 0. The average Bonchev–Trinajstić information content (AvgIpc) is 2.75. The van der Waals surface area contributed by atoms with Crippen molar-refractivity contribution in [2.75, 3.05) is 0 Å². The van der Waals surface area contributed by atoms with Crippen molar-refractivity contribution in [2.45, 2.75) is 12.5 Å². The summed E-state index contributed by atoms with van der Waals surface area (Å²) >= 11 is 0. The van der Waals surface area contributed by atoms with E-state index in [2.05, 4.69) is 5.10 Å². The van der Waals surface area contributed by atoms with Crippen LogP contribution in [0, 0.1) is 0 Å². The molecule has 17 heavy (non-hydrogen) atoms. The Morgan fingerprint density at radius 2 is 2.12 bits per heavy atom. The van der Waals surface area contributed by atoms with E-state index in [4.69, 9.17) is 0 Å². The lowest BCUT2D eigenvalue weighted by Crippen LogP contribution is -2.14. The quantitative estimate of drug-likeness (QED) is 0.860. The highest BCUT2D eigenvalue weighted by atomic mass is 16.3. The van der Waals surface area contributed by atoms with Crippen LogP contribution in [-0.2, 0) is 18.3 Å². The van der Waals surface area contributed by atoms with Crippen LogP contribution >= 0.6 is 0 Å². The molecule has 0 bridgehead atoms. The first-order valence-electron chi connectivity index (χ1n) is 5.40. The largest absolute Gasteiger partial charge is 0.381 e. The molecule has 0 fully saturated rings. The van der Waals surface area contributed by atoms with E-state index in [0.717, 1.165) is 5.56 Å². The minimum Gasteiger partial charge on any atom is -0.381 e. The highest BCUT2D eigenvalue weighted by molar-refractivity contribution is 5.85. The Bertz CT molecular complexity index is 505. The number of ketones is 1. The van der Waals surface area contributed by atoms with Gasteiger partial charge in [0.1, 0.15) is 6.10 Å². The third-order valence-corrected chi connectivity index (χ3v) is 2.56. The predicted molar refractivity (Wildman–Crippen MR) is 63.3 cm³/mol. The third-order valence-electron chi connectivity index (χ3n) is 2.56. The fraction of sp³-hybridized carbons (Fsp3) is 0.231. The van der Waals surface area contributed by atoms with Gasteiger partial charge in [-0.1, -0.05) is 30.3 Å². The molecule has 0 aliphatic heterocycles. The molecule has 1 aromatic heterocycles. The van der Waals surface area contributed by atoms with Gasteiger partial charge in [0, 0.05) is 19.7 Å². The van der Waals surface area contributed by atoms with Gasteiger partial charge in [-0.25, -0.2) is 0 Å². The van der Waals surface area contributed by atoms with Gasteiger partial charge in [-0.3, -0.25) is 9.48 Å². The average molecular weight is 230 g/mol. The van der Waals surface area contributed by atoms with Crippen molar-refractivity contribution < 1.29 is 9.90 Å². The molecule has 1 heterocycles. The minimum atomic E-state index is -1.06. The zero-order chi connectivity index (χ0) is 12.3. The number of aromatic nitrogens is 2. The Hall–Kier alpha value is -1.94. The molecule has 0 spiro atoms. The molecule has 2 rings (SSSR count). The molecule has 2 aromatic rings. The normalized spacial score (nSPS) is 12.4. The molecule has 1 unspecified atom stereocenters. The second-order valence-corrected chi connectivity index (χ2v) is 3.98. The molecule has 1 N–H and O–H groups in total. The Kier molecular flexibility index (Phi) is 3.35. The molecule has 0 amide bonds. The monoisotopic (exact) mass is 230 g/mol. The Labute approximate surface area is 99.5 Å². The van der Waals surface area contributed by atoms with Gasteiger partial charge in [-0.2, -0.15) is 5.10 Å². The van der Waals surface area contributed by atoms with Crippen LogP contribution in [-0.4, -0.2) is 20.7 Å². The Morgan fingerprint density at radius 3 is 2.71 bits per heavy atom. The number of rotatable bonds is 4. The summed E-state index contributed by atoms with van der Waals surface area (Å²) in [7, 11) is 1.79. The third kappa shape index (κ3) is 2.79. The van der Waals surface area contributed by atoms with Crippen LogP contribution in [0.25, 0.3) is 0 Å². The highest BCUT2D eigenvalue weighted by Crippen LogP contribution is 2.15. The number of aliphatic hydroxyl groups is 1. The van der Waals surface area contributed by atoms with Crippen molar-refractivity contribution in [1.82, 2.24) is 9.78 Å². The Balaban J connectivity index is 2.06. The van der Waals surface area contributed by atoms with Gasteiger partial charge in [0.25, 0.3) is 0 Å². The van der Waals surface area contributed by atoms with Crippen LogP contribution in [0.15, 0.2) is 42.7 Å². The molecule has 1 atom stereocenters. The van der Waals surface area contributed by atoms with E-state index in [-0.39, 0.29) is 12.2 Å². The first-order valence-corrected chi connectivity index (χ1v) is 5.40. The molecule has 0 aliphatic rings. The van der Waals surface area contributed by atoms with Crippen LogP contribution < -0.4 is 0 Å². The molecule has 1 aromatic carbocycles. The minimum absolute atomic E-state index is 0.198.